The third-order valence-corrected chi connectivity index (χ3v) is 4.68. The van der Waals surface area contributed by atoms with Crippen LogP contribution < -0.4 is 15.4 Å². The van der Waals surface area contributed by atoms with Gasteiger partial charge in [0.25, 0.3) is 0 Å². The van der Waals surface area contributed by atoms with Gasteiger partial charge in [-0.15, -0.1) is 0 Å². The second-order valence-electron chi connectivity index (χ2n) is 7.75. The number of nitrogens with one attached hydrogen (secondary N) is 2. The molecular weight excluding hydrogens is 338 g/mol. The molecule has 0 bridgehead atoms. The molecule has 2 N–H and O–H groups in total. The van der Waals surface area contributed by atoms with E-state index >= 15 is 0 Å². The number of nitrogens with zero attached hydrogens (tertiary/aromatic N) is 3. The number of hydrogen-bond acceptors (Lipinski definition) is 3. The minimum absolute atomic E-state index is 0.117. The quantitative estimate of drug-likeness (QED) is 0.465. The summed E-state index contributed by atoms with van der Waals surface area (Å²) in [5, 5.41) is 11.1. The summed E-state index contributed by atoms with van der Waals surface area (Å²) in [5.74, 6) is 1.65. The van der Waals surface area contributed by atoms with Crippen LogP contribution in [0.5, 0.6) is 5.75 Å². The maximum atomic E-state index is 5.88. The molecule has 0 aliphatic carbocycles. The molecular formula is C21H33N5O. The molecule has 1 aromatic carbocycles. The Balaban J connectivity index is 1.80. The zero-order chi connectivity index (χ0) is 20.0. The van der Waals surface area contributed by atoms with Crippen LogP contribution in [-0.4, -0.2) is 35.9 Å². The highest BCUT2D eigenvalue weighted by Gasteiger charge is 2.14. The zero-order valence-electron chi connectivity index (χ0n) is 17.7. The van der Waals surface area contributed by atoms with Crippen LogP contribution in [0.2, 0.25) is 0 Å². The second-order valence-corrected chi connectivity index (χ2v) is 7.75. The summed E-state index contributed by atoms with van der Waals surface area (Å²) in [4.78, 5) is 4.27. The van der Waals surface area contributed by atoms with Crippen molar-refractivity contribution in [3.63, 3.8) is 0 Å². The van der Waals surface area contributed by atoms with Crippen LogP contribution in [0.1, 0.15) is 43.3 Å². The van der Waals surface area contributed by atoms with Crippen molar-refractivity contribution in [2.75, 3.05) is 20.2 Å². The van der Waals surface area contributed by atoms with Gasteiger partial charge in [-0.3, -0.25) is 9.67 Å². The van der Waals surface area contributed by atoms with E-state index in [2.05, 4.69) is 60.6 Å². The summed E-state index contributed by atoms with van der Waals surface area (Å²) in [5.41, 5.74) is 4.80. The standard InChI is InChI=1S/C21H33N5O/c1-15-19(16(2)26(7)25-15)14-24-20(22-6)23-11-12-27-18-10-8-9-17(13-18)21(3,4)5/h8-10,13H,11-12,14H2,1-7H3,(H2,22,23,24). The van der Waals surface area contributed by atoms with Crippen LogP contribution in [0.3, 0.4) is 0 Å². The monoisotopic (exact) mass is 371 g/mol. The van der Waals surface area contributed by atoms with Gasteiger partial charge in [0.15, 0.2) is 5.96 Å². The summed E-state index contributed by atoms with van der Waals surface area (Å²) in [7, 11) is 3.73. The third-order valence-electron chi connectivity index (χ3n) is 4.68. The molecule has 0 aliphatic rings. The lowest BCUT2D eigenvalue weighted by atomic mass is 9.87. The first-order valence-corrected chi connectivity index (χ1v) is 9.39. The number of benzene rings is 1. The molecule has 6 nitrogen and oxygen atoms in total. The molecule has 2 rings (SSSR count). The van der Waals surface area contributed by atoms with Crippen molar-refractivity contribution in [1.29, 1.82) is 0 Å². The van der Waals surface area contributed by atoms with E-state index in [1.165, 1.54) is 11.1 Å². The second kappa shape index (κ2) is 8.93. The van der Waals surface area contributed by atoms with Gasteiger partial charge in [-0.2, -0.15) is 5.10 Å². The van der Waals surface area contributed by atoms with E-state index in [0.717, 1.165) is 23.1 Å². The molecule has 0 amide bonds. The largest absolute Gasteiger partial charge is 0.492 e. The number of aromatic nitrogens is 2. The Morgan fingerprint density at radius 1 is 1.22 bits per heavy atom. The van der Waals surface area contributed by atoms with Gasteiger partial charge in [0.1, 0.15) is 12.4 Å². The Morgan fingerprint density at radius 2 is 1.96 bits per heavy atom. The molecule has 0 fully saturated rings. The molecule has 0 unspecified atom stereocenters. The van der Waals surface area contributed by atoms with Gasteiger partial charge in [0.05, 0.1) is 12.2 Å². The smallest absolute Gasteiger partial charge is 0.191 e. The topological polar surface area (TPSA) is 63.5 Å². The van der Waals surface area contributed by atoms with Crippen LogP contribution in [0.15, 0.2) is 29.3 Å². The first kappa shape index (κ1) is 20.8. The Morgan fingerprint density at radius 3 is 2.56 bits per heavy atom. The van der Waals surface area contributed by atoms with E-state index in [1.807, 2.05) is 30.8 Å². The predicted octanol–water partition coefficient (Wildman–Crippen LogP) is 3.08. The number of rotatable bonds is 6. The first-order chi connectivity index (χ1) is 12.7. The molecule has 148 valence electrons. The summed E-state index contributed by atoms with van der Waals surface area (Å²) < 4.78 is 7.79. The fourth-order valence-electron chi connectivity index (χ4n) is 2.86. The highest BCUT2D eigenvalue weighted by Crippen LogP contribution is 2.25. The summed E-state index contributed by atoms with van der Waals surface area (Å²) in [6.45, 7) is 12.6. The summed E-state index contributed by atoms with van der Waals surface area (Å²) in [6.07, 6.45) is 0. The fourth-order valence-corrected chi connectivity index (χ4v) is 2.86. The maximum absolute atomic E-state index is 5.88. The molecule has 2 aromatic rings. The lowest BCUT2D eigenvalue weighted by molar-refractivity contribution is 0.321. The van der Waals surface area contributed by atoms with Crippen molar-refractivity contribution in [3.05, 3.63) is 46.8 Å². The van der Waals surface area contributed by atoms with Crippen LogP contribution in [-0.2, 0) is 19.0 Å². The van der Waals surface area contributed by atoms with Crippen LogP contribution in [0.4, 0.5) is 0 Å². The van der Waals surface area contributed by atoms with Gasteiger partial charge in [-0.05, 0) is 37.0 Å². The molecule has 0 radical (unpaired) electrons. The molecule has 27 heavy (non-hydrogen) atoms. The van der Waals surface area contributed by atoms with Gasteiger partial charge in [-0.25, -0.2) is 0 Å². The highest BCUT2D eigenvalue weighted by atomic mass is 16.5. The van der Waals surface area contributed by atoms with Crippen LogP contribution >= 0.6 is 0 Å². The third kappa shape index (κ3) is 5.74. The van der Waals surface area contributed by atoms with Gasteiger partial charge < -0.3 is 15.4 Å². The molecule has 0 spiro atoms. The lowest BCUT2D eigenvalue weighted by Gasteiger charge is -2.20. The minimum Gasteiger partial charge on any atom is -0.492 e. The van der Waals surface area contributed by atoms with E-state index in [1.54, 1.807) is 7.05 Å². The fraction of sp³-hybridized carbons (Fsp3) is 0.524. The zero-order valence-corrected chi connectivity index (χ0v) is 17.7. The van der Waals surface area contributed by atoms with E-state index in [4.69, 9.17) is 4.74 Å². The van der Waals surface area contributed by atoms with E-state index in [0.29, 0.717) is 19.7 Å². The number of aryl methyl sites for hydroxylation is 2. The van der Waals surface area contributed by atoms with Gasteiger partial charge in [-0.1, -0.05) is 32.9 Å². The minimum atomic E-state index is 0.117. The van der Waals surface area contributed by atoms with Gasteiger partial charge in [0, 0.05) is 31.9 Å². The molecule has 1 heterocycles. The number of ether oxygens (including phenoxy) is 1. The van der Waals surface area contributed by atoms with E-state index in [9.17, 15) is 0 Å². The van der Waals surface area contributed by atoms with Crippen molar-refractivity contribution < 1.29 is 4.74 Å². The van der Waals surface area contributed by atoms with Crippen LogP contribution in [0.25, 0.3) is 0 Å². The average molecular weight is 372 g/mol. The van der Waals surface area contributed by atoms with E-state index in [-0.39, 0.29) is 5.41 Å². The summed E-state index contributed by atoms with van der Waals surface area (Å²) >= 11 is 0. The first-order valence-electron chi connectivity index (χ1n) is 9.39. The molecule has 0 saturated heterocycles. The highest BCUT2D eigenvalue weighted by molar-refractivity contribution is 5.79. The molecule has 6 heteroatoms. The normalized spacial score (nSPS) is 12.2. The molecule has 0 atom stereocenters. The molecule has 0 aliphatic heterocycles. The molecule has 1 aromatic heterocycles. The Kier molecular flexibility index (Phi) is 6.88. The predicted molar refractivity (Wildman–Crippen MR) is 112 cm³/mol. The average Bonchev–Trinajstić information content (AvgIpc) is 2.86. The number of guanidine groups is 1. The van der Waals surface area contributed by atoms with Crippen molar-refractivity contribution in [2.45, 2.75) is 46.6 Å². The number of hydrogen-bond donors (Lipinski definition) is 2. The van der Waals surface area contributed by atoms with Gasteiger partial charge >= 0.3 is 0 Å². The lowest BCUT2D eigenvalue weighted by Crippen LogP contribution is -2.39. The van der Waals surface area contributed by atoms with Crippen molar-refractivity contribution in [1.82, 2.24) is 20.4 Å². The Hall–Kier alpha value is -2.50. The van der Waals surface area contributed by atoms with Crippen molar-refractivity contribution >= 4 is 5.96 Å². The van der Waals surface area contributed by atoms with E-state index < -0.39 is 0 Å². The SMILES string of the molecule is CN=C(NCCOc1cccc(C(C)(C)C)c1)NCc1c(C)nn(C)c1C. The Labute approximate surface area is 163 Å². The van der Waals surface area contributed by atoms with Crippen molar-refractivity contribution in [3.8, 4) is 5.75 Å². The Bertz CT molecular complexity index is 786. The number of aliphatic imine (C=N–C) groups is 1. The molecule has 0 saturated carbocycles. The van der Waals surface area contributed by atoms with Crippen molar-refractivity contribution in [2.24, 2.45) is 12.0 Å². The maximum Gasteiger partial charge on any atom is 0.191 e. The van der Waals surface area contributed by atoms with Crippen LogP contribution in [0, 0.1) is 13.8 Å². The van der Waals surface area contributed by atoms with Gasteiger partial charge in [0.2, 0.25) is 0 Å². The summed E-state index contributed by atoms with van der Waals surface area (Å²) in [6, 6.07) is 8.29.